The van der Waals surface area contributed by atoms with Gasteiger partial charge in [-0.25, -0.2) is 0 Å². The third-order valence-electron chi connectivity index (χ3n) is 14.8. The van der Waals surface area contributed by atoms with Gasteiger partial charge in [0, 0.05) is 0 Å². The highest BCUT2D eigenvalue weighted by Crippen LogP contribution is 2.23. The molecule has 9 atom stereocenters. The van der Waals surface area contributed by atoms with E-state index < -0.39 is 74.2 Å². The Labute approximate surface area is 453 Å². The summed E-state index contributed by atoms with van der Waals surface area (Å²) in [5.41, 5.74) is 0. The number of carbonyl (C=O) groups is 1. The van der Waals surface area contributed by atoms with Gasteiger partial charge in [-0.2, -0.15) is 0 Å². The number of ether oxygens (including phenoxy) is 2. The van der Waals surface area contributed by atoms with E-state index in [1.165, 1.54) is 180 Å². The highest BCUT2D eigenvalue weighted by atomic mass is 16.7. The van der Waals surface area contributed by atoms with Crippen molar-refractivity contribution in [3.05, 3.63) is 48.6 Å². The monoisotopic (exact) mass is 1050 g/mol. The van der Waals surface area contributed by atoms with Crippen LogP contribution < -0.4 is 5.32 Å². The standard InChI is InChI=1S/C63H117NO10/c1-3-5-7-9-11-13-15-17-19-20-21-22-23-24-25-26-27-28-29-30-31-32-33-34-35-37-39-41-43-45-47-49-51-56(67)62(72)64-54(53-73-63-61(71)60(70)59(69)57(52-65)74-63)58(68)55(66)50-48-46-44-42-40-38-36-18-16-14-12-10-8-6-4-2/h10,12,18,24-25,36,42,44,54-61,63,65-71H,3-9,11,13-17,19-23,26-35,37-41,43,45-53H2,1-2H3,(H,64,72)/b12-10+,25-24-,36-18+,44-42+. The Morgan fingerprint density at radius 1 is 0.459 bits per heavy atom. The number of hydrogen-bond donors (Lipinski definition) is 8. The van der Waals surface area contributed by atoms with Gasteiger partial charge in [0.2, 0.25) is 5.91 Å². The lowest BCUT2D eigenvalue weighted by atomic mass is 9.98. The molecule has 0 aliphatic carbocycles. The van der Waals surface area contributed by atoms with E-state index in [4.69, 9.17) is 9.47 Å². The molecule has 0 aromatic rings. The number of hydrogen-bond acceptors (Lipinski definition) is 10. The van der Waals surface area contributed by atoms with Gasteiger partial charge < -0.3 is 50.5 Å². The van der Waals surface area contributed by atoms with E-state index in [-0.39, 0.29) is 12.8 Å². The molecule has 1 saturated heterocycles. The molecule has 1 amide bonds. The topological polar surface area (TPSA) is 189 Å². The van der Waals surface area contributed by atoms with Crippen molar-refractivity contribution in [2.75, 3.05) is 13.2 Å². The normalized spacial score (nSPS) is 20.1. The third kappa shape index (κ3) is 39.4. The molecule has 0 spiro atoms. The zero-order valence-electron chi connectivity index (χ0n) is 47.6. The fourth-order valence-electron chi connectivity index (χ4n) is 9.75. The lowest BCUT2D eigenvalue weighted by Gasteiger charge is -2.40. The average molecular weight is 1050 g/mol. The Morgan fingerprint density at radius 2 is 0.824 bits per heavy atom. The largest absolute Gasteiger partial charge is 0.394 e. The first kappa shape index (κ1) is 70.1. The van der Waals surface area contributed by atoms with Gasteiger partial charge in [-0.15, -0.1) is 0 Å². The van der Waals surface area contributed by atoms with Crippen LogP contribution in [-0.4, -0.2) is 110 Å². The molecule has 1 heterocycles. The predicted molar refractivity (Wildman–Crippen MR) is 307 cm³/mol. The summed E-state index contributed by atoms with van der Waals surface area (Å²) in [5.74, 6) is -0.711. The number of allylic oxidation sites excluding steroid dienone is 8. The zero-order valence-corrected chi connectivity index (χ0v) is 47.6. The van der Waals surface area contributed by atoms with Crippen LogP contribution in [-0.2, 0) is 14.3 Å². The summed E-state index contributed by atoms with van der Waals surface area (Å²) in [4.78, 5) is 13.2. The van der Waals surface area contributed by atoms with E-state index in [9.17, 15) is 40.5 Å². The second kappa shape index (κ2) is 51.8. The molecule has 1 aliphatic heterocycles. The molecule has 434 valence electrons. The highest BCUT2D eigenvalue weighted by molar-refractivity contribution is 5.80. The first-order valence-electron chi connectivity index (χ1n) is 31.0. The quantitative estimate of drug-likeness (QED) is 0.0215. The first-order chi connectivity index (χ1) is 36.2. The fourth-order valence-corrected chi connectivity index (χ4v) is 9.75. The maximum Gasteiger partial charge on any atom is 0.249 e. The summed E-state index contributed by atoms with van der Waals surface area (Å²) in [6.07, 6.45) is 54.8. The molecule has 1 rings (SSSR count). The van der Waals surface area contributed by atoms with Gasteiger partial charge in [0.25, 0.3) is 0 Å². The lowest BCUT2D eigenvalue weighted by Crippen LogP contribution is -2.60. The van der Waals surface area contributed by atoms with Crippen LogP contribution in [0.15, 0.2) is 48.6 Å². The summed E-state index contributed by atoms with van der Waals surface area (Å²) in [7, 11) is 0. The number of aliphatic hydroxyl groups is 7. The van der Waals surface area contributed by atoms with Crippen LogP contribution in [0.25, 0.3) is 0 Å². The maximum atomic E-state index is 13.2. The van der Waals surface area contributed by atoms with Gasteiger partial charge in [-0.1, -0.05) is 242 Å². The van der Waals surface area contributed by atoms with Crippen LogP contribution in [0.1, 0.15) is 277 Å². The Hall–Kier alpha value is -1.93. The highest BCUT2D eigenvalue weighted by Gasteiger charge is 2.44. The smallest absolute Gasteiger partial charge is 0.249 e. The van der Waals surface area contributed by atoms with Gasteiger partial charge in [0.1, 0.15) is 36.6 Å². The van der Waals surface area contributed by atoms with E-state index in [0.29, 0.717) is 19.3 Å². The minimum absolute atomic E-state index is 0.240. The number of aliphatic hydroxyl groups excluding tert-OH is 7. The molecular weight excluding hydrogens is 931 g/mol. The Bertz CT molecular complexity index is 1340. The molecule has 0 aromatic heterocycles. The van der Waals surface area contributed by atoms with Crippen LogP contribution in [0.4, 0.5) is 0 Å². The van der Waals surface area contributed by atoms with Crippen molar-refractivity contribution in [1.29, 1.82) is 0 Å². The minimum atomic E-state index is -1.67. The number of carbonyl (C=O) groups excluding carboxylic acids is 1. The summed E-state index contributed by atoms with van der Waals surface area (Å²) in [6.45, 7) is 3.41. The van der Waals surface area contributed by atoms with E-state index in [1.54, 1.807) is 0 Å². The van der Waals surface area contributed by atoms with Crippen LogP contribution in [0.2, 0.25) is 0 Å². The van der Waals surface area contributed by atoms with Crippen molar-refractivity contribution in [3.8, 4) is 0 Å². The molecule has 0 saturated carbocycles. The number of unbranched alkanes of at least 4 members (excludes halogenated alkanes) is 33. The zero-order chi connectivity index (χ0) is 54.0. The Balaban J connectivity index is 2.21. The molecule has 0 aromatic carbocycles. The molecule has 1 fully saturated rings. The van der Waals surface area contributed by atoms with Crippen molar-refractivity contribution >= 4 is 5.91 Å². The van der Waals surface area contributed by atoms with Crippen LogP contribution in [0, 0.1) is 0 Å². The molecule has 11 nitrogen and oxygen atoms in total. The fraction of sp³-hybridized carbons (Fsp3) is 0.857. The van der Waals surface area contributed by atoms with Crippen molar-refractivity contribution in [1.82, 2.24) is 5.32 Å². The van der Waals surface area contributed by atoms with Crippen LogP contribution in [0.5, 0.6) is 0 Å². The molecule has 8 N–H and O–H groups in total. The van der Waals surface area contributed by atoms with Crippen LogP contribution >= 0.6 is 0 Å². The minimum Gasteiger partial charge on any atom is -0.394 e. The predicted octanol–water partition coefficient (Wildman–Crippen LogP) is 13.6. The van der Waals surface area contributed by atoms with Crippen molar-refractivity contribution in [2.24, 2.45) is 0 Å². The maximum absolute atomic E-state index is 13.2. The summed E-state index contributed by atoms with van der Waals surface area (Å²) >= 11 is 0. The van der Waals surface area contributed by atoms with E-state index >= 15 is 0 Å². The lowest BCUT2D eigenvalue weighted by molar-refractivity contribution is -0.303. The molecular formula is C63H117NO10. The average Bonchev–Trinajstić information content (AvgIpc) is 3.40. The molecule has 74 heavy (non-hydrogen) atoms. The molecule has 1 aliphatic rings. The SMILES string of the molecule is CCCC/C=C/CC/C=C/CC/C=C/CCCC(O)C(O)C(COC1OC(CO)C(O)C(O)C1O)NC(=O)C(O)CCCCCCCCCCCCCCCCCC/C=C\CCCCCCCCCCCCCC. The third-order valence-corrected chi connectivity index (χ3v) is 14.8. The van der Waals surface area contributed by atoms with E-state index in [2.05, 4.69) is 67.8 Å². The Kier molecular flexibility index (Phi) is 49.1. The second-order valence-corrected chi connectivity index (χ2v) is 21.7. The first-order valence-corrected chi connectivity index (χ1v) is 31.0. The van der Waals surface area contributed by atoms with Crippen molar-refractivity contribution < 1.29 is 50.0 Å². The van der Waals surface area contributed by atoms with E-state index in [0.717, 1.165) is 51.4 Å². The molecule has 11 heteroatoms. The van der Waals surface area contributed by atoms with Gasteiger partial charge in [0.15, 0.2) is 6.29 Å². The van der Waals surface area contributed by atoms with Crippen molar-refractivity contribution in [2.45, 2.75) is 332 Å². The summed E-state index contributed by atoms with van der Waals surface area (Å²) in [5, 5.41) is 76.1. The van der Waals surface area contributed by atoms with Gasteiger partial charge >= 0.3 is 0 Å². The number of nitrogens with one attached hydrogen (secondary N) is 1. The Morgan fingerprint density at radius 3 is 1.24 bits per heavy atom. The molecule has 9 unspecified atom stereocenters. The second-order valence-electron chi connectivity index (χ2n) is 21.7. The van der Waals surface area contributed by atoms with E-state index in [1.807, 2.05) is 0 Å². The number of amides is 1. The van der Waals surface area contributed by atoms with Gasteiger partial charge in [-0.3, -0.25) is 4.79 Å². The summed E-state index contributed by atoms with van der Waals surface area (Å²) in [6, 6.07) is -1.19. The van der Waals surface area contributed by atoms with Crippen molar-refractivity contribution in [3.63, 3.8) is 0 Å². The number of rotatable bonds is 53. The molecule has 0 bridgehead atoms. The molecule has 0 radical (unpaired) electrons. The van der Waals surface area contributed by atoms with Crippen LogP contribution in [0.3, 0.4) is 0 Å². The summed E-state index contributed by atoms with van der Waals surface area (Å²) < 4.78 is 11.1. The van der Waals surface area contributed by atoms with Gasteiger partial charge in [-0.05, 0) is 83.5 Å². The van der Waals surface area contributed by atoms with Gasteiger partial charge in [0.05, 0.1) is 25.4 Å².